The average molecular weight is 1170 g/mol. The Balaban J connectivity index is 0.890. The fraction of sp³-hybridized carbons (Fsp3) is 0.596. The number of phenolic OH excluding ortho intramolecular Hbond substituents is 1. The van der Waals surface area contributed by atoms with E-state index < -0.39 is 59.1 Å². The second kappa shape index (κ2) is 21.6. The van der Waals surface area contributed by atoms with Crippen LogP contribution in [0, 0.1) is 13.8 Å². The Morgan fingerprint density at radius 2 is 1.44 bits per heavy atom. The molecule has 3 aromatic carbocycles. The molecule has 81 heavy (non-hydrogen) atoms. The fourth-order valence-corrected chi connectivity index (χ4v) is 19.6. The van der Waals surface area contributed by atoms with E-state index in [1.54, 1.807) is 19.2 Å². The molecule has 0 aliphatic carbocycles. The first kappa shape index (κ1) is 54.7. The van der Waals surface area contributed by atoms with Crippen molar-refractivity contribution in [3.05, 3.63) is 62.7 Å². The number of thioether (sulfide) groups is 3. The van der Waals surface area contributed by atoms with Gasteiger partial charge < -0.3 is 64.6 Å². The minimum atomic E-state index is -1.45. The lowest BCUT2D eigenvalue weighted by Crippen LogP contribution is -2.70. The fourth-order valence-electron chi connectivity index (χ4n) is 14.8. The van der Waals surface area contributed by atoms with Gasteiger partial charge in [0.15, 0.2) is 40.0 Å². The summed E-state index contributed by atoms with van der Waals surface area (Å²) in [5.74, 6) is 2.37. The van der Waals surface area contributed by atoms with Crippen molar-refractivity contribution in [3.63, 3.8) is 0 Å². The Morgan fingerprint density at radius 3 is 2.11 bits per heavy atom. The number of fused-ring (bicyclic) bond motifs is 11. The van der Waals surface area contributed by atoms with Crippen LogP contribution in [0.4, 0.5) is 9.59 Å². The molecule has 4 bridgehead atoms. The summed E-state index contributed by atoms with van der Waals surface area (Å²) in [4.78, 5) is 72.5. The number of rotatable bonds is 14. The van der Waals surface area contributed by atoms with Gasteiger partial charge in [0.1, 0.15) is 18.6 Å². The number of aryl methyl sites for hydroxylation is 1. The van der Waals surface area contributed by atoms with Crippen LogP contribution in [-0.2, 0) is 37.5 Å². The zero-order chi connectivity index (χ0) is 56.2. The van der Waals surface area contributed by atoms with Gasteiger partial charge in [-0.1, -0.05) is 18.9 Å². The molecule has 0 aromatic heterocycles. The van der Waals surface area contributed by atoms with E-state index >= 15 is 4.79 Å². The molecule has 7 N–H and O–H groups in total. The number of aromatic hydroxyl groups is 1. The maximum absolute atomic E-state index is 15.2. The lowest BCUT2D eigenvalue weighted by Gasteiger charge is -2.62. The first-order valence-corrected chi connectivity index (χ1v) is 31.4. The van der Waals surface area contributed by atoms with E-state index in [1.165, 1.54) is 18.9 Å². The number of nitrogens with one attached hydrogen (secondary N) is 5. The molecule has 0 saturated carbocycles. The monoisotopic (exact) mass is 1170 g/mol. The van der Waals surface area contributed by atoms with Gasteiger partial charge in [-0.3, -0.25) is 24.7 Å². The minimum absolute atomic E-state index is 0.0485. The average Bonchev–Trinajstić information content (AvgIpc) is 2.25. The number of aliphatic hydroxyl groups is 1. The van der Waals surface area contributed by atoms with Crippen molar-refractivity contribution in [2.45, 2.75) is 154 Å². The molecule has 11 aliphatic heterocycles. The highest BCUT2D eigenvalue weighted by molar-refractivity contribution is 8.00. The number of amides is 4. The van der Waals surface area contributed by atoms with Crippen LogP contribution in [0.5, 0.6) is 40.2 Å². The number of esters is 3. The van der Waals surface area contributed by atoms with Gasteiger partial charge in [0.25, 0.3) is 0 Å². The molecule has 6 fully saturated rings. The summed E-state index contributed by atoms with van der Waals surface area (Å²) < 4.78 is 44.4. The van der Waals surface area contributed by atoms with E-state index in [9.17, 15) is 29.4 Å². The smallest absolute Gasteiger partial charge is 0.331 e. The quantitative estimate of drug-likeness (QED) is 0.0483. The molecule has 14 rings (SSSR count). The summed E-state index contributed by atoms with van der Waals surface area (Å²) in [7, 11) is 5.01. The number of benzene rings is 3. The van der Waals surface area contributed by atoms with Gasteiger partial charge in [0.2, 0.25) is 6.79 Å². The Bertz CT molecular complexity index is 3100. The number of carbonyl (C=O) groups is 5. The number of urea groups is 2. The zero-order valence-corrected chi connectivity index (χ0v) is 48.3. The molecule has 434 valence electrons. The SMILES string of the molecule is COc1cc2c(cc1O)CCN[C@]21CS[C@@H]2c3c(OC(=O)CCCC[C@@H]4SCC5NC(=O)NC54)c(C)c4c(c3[C@@H](COC1=O)N1C2[C@H]2c3c(cc(C)c(OC)c3OC(=O)CCCC[C@@H]3SCC5NC(=O)NC53)C[C@@H]([C@@H]1O)N2C)OCO4. The van der Waals surface area contributed by atoms with Gasteiger partial charge in [0, 0.05) is 75.4 Å². The van der Waals surface area contributed by atoms with Crippen molar-refractivity contribution in [1.82, 2.24) is 36.4 Å². The van der Waals surface area contributed by atoms with E-state index in [1.807, 2.05) is 49.3 Å². The normalized spacial score (nSPS) is 32.0. The van der Waals surface area contributed by atoms with Crippen molar-refractivity contribution in [1.29, 1.82) is 0 Å². The molecule has 11 aliphatic rings. The number of likely N-dealkylation sites (N-methyl/N-ethyl adjacent to an activating group) is 1. The second-order valence-corrected chi connectivity index (χ2v) is 26.7. The largest absolute Gasteiger partial charge is 0.504 e. The highest BCUT2D eigenvalue weighted by Gasteiger charge is 2.62. The lowest BCUT2D eigenvalue weighted by atomic mass is 9.73. The number of unbranched alkanes of at least 4 members (excludes halogenated alkanes) is 2. The Labute approximate surface area is 482 Å². The summed E-state index contributed by atoms with van der Waals surface area (Å²) in [6, 6.07) is 2.79. The van der Waals surface area contributed by atoms with Crippen LogP contribution < -0.4 is 55.0 Å². The van der Waals surface area contributed by atoms with Crippen molar-refractivity contribution >= 4 is 65.3 Å². The molecule has 21 nitrogen and oxygen atoms in total. The number of ether oxygens (including phenoxy) is 7. The van der Waals surface area contributed by atoms with E-state index in [0.29, 0.717) is 83.2 Å². The topological polar surface area (TPSA) is 257 Å². The molecule has 13 atom stereocenters. The van der Waals surface area contributed by atoms with Gasteiger partial charge in [-0.05, 0) is 93.8 Å². The Kier molecular flexibility index (Phi) is 14.6. The molecule has 24 heteroatoms. The van der Waals surface area contributed by atoms with Gasteiger partial charge in [-0.25, -0.2) is 14.4 Å². The van der Waals surface area contributed by atoms with Crippen LogP contribution >= 0.6 is 35.3 Å². The van der Waals surface area contributed by atoms with Gasteiger partial charge in [-0.15, -0.1) is 11.8 Å². The van der Waals surface area contributed by atoms with E-state index in [-0.39, 0.29) is 90.2 Å². The molecule has 11 heterocycles. The van der Waals surface area contributed by atoms with Gasteiger partial charge in [0.05, 0.1) is 61.8 Å². The zero-order valence-electron chi connectivity index (χ0n) is 45.9. The van der Waals surface area contributed by atoms with Crippen molar-refractivity contribution in [3.8, 4) is 40.2 Å². The number of piperazine rings is 1. The number of nitrogens with zero attached hydrogens (tertiary/aromatic N) is 2. The molecule has 6 saturated heterocycles. The van der Waals surface area contributed by atoms with Crippen molar-refractivity contribution in [2.24, 2.45) is 0 Å². The van der Waals surface area contributed by atoms with Crippen LogP contribution in [0.3, 0.4) is 0 Å². The van der Waals surface area contributed by atoms with Crippen molar-refractivity contribution < 1.29 is 67.3 Å². The minimum Gasteiger partial charge on any atom is -0.504 e. The number of methoxy groups -OCH3 is 2. The molecule has 4 amide bonds. The first-order chi connectivity index (χ1) is 39.2. The second-order valence-electron chi connectivity index (χ2n) is 23.0. The summed E-state index contributed by atoms with van der Waals surface area (Å²) >= 11 is 5.13. The van der Waals surface area contributed by atoms with E-state index in [4.69, 9.17) is 33.2 Å². The molecule has 3 aromatic rings. The maximum atomic E-state index is 15.2. The van der Waals surface area contributed by atoms with Gasteiger partial charge >= 0.3 is 30.0 Å². The number of hydrogen-bond acceptors (Lipinski definition) is 20. The van der Waals surface area contributed by atoms with Crippen LogP contribution in [0.15, 0.2) is 18.2 Å². The highest BCUT2D eigenvalue weighted by atomic mass is 32.2. The summed E-state index contributed by atoms with van der Waals surface area (Å²) in [6.07, 6.45) is 4.33. The third kappa shape index (κ3) is 9.18. The number of aliphatic hydroxyl groups excluding tert-OH is 1. The standard InChI is InChI=1S/C57H69N7O14S3/c1-25-16-28-17-32-53(68)64-33-20-74-54(69)57(29-19-35(72-4)34(65)18-27(29)14-15-58-57)23-81-52(42-41(33)50-49(75-24-76-50)26(2)48(42)77-38(66)12-8-6-10-36-43-30(21-79-36)59-55(70)61-43)46(64)45(63(32)3)40(28)51(47(25)73-5)78-39(67)13-9-7-11-37-44-31(22-80-37)60-56(71)62-44/h16,18-19,30-33,36-37,43-46,52-53,58,65,68H,6-15,17,20-24H2,1-5H3,(H2,59,61,70)(H2,60,62,71)/t30?,31?,32-,33+,36-,37-,43?,44?,45+,46?,52+,53-,57+/m0/s1. The number of carbonyl (C=O) groups excluding carboxylic acids is 5. The first-order valence-electron chi connectivity index (χ1n) is 28.2. The lowest BCUT2D eigenvalue weighted by molar-refractivity contribution is -0.186. The summed E-state index contributed by atoms with van der Waals surface area (Å²) in [5, 5.41) is 39.6. The molecule has 0 radical (unpaired) electrons. The predicted octanol–water partition coefficient (Wildman–Crippen LogP) is 5.04. The predicted molar refractivity (Wildman–Crippen MR) is 301 cm³/mol. The van der Waals surface area contributed by atoms with Crippen LogP contribution in [-0.4, -0.2) is 161 Å². The molecular weight excluding hydrogens is 1100 g/mol. The van der Waals surface area contributed by atoms with E-state index in [0.717, 1.165) is 59.4 Å². The van der Waals surface area contributed by atoms with Crippen LogP contribution in [0.2, 0.25) is 0 Å². The molecule has 1 spiro atoms. The molecule has 5 unspecified atom stereocenters. The number of hydrogen-bond donors (Lipinski definition) is 7. The maximum Gasteiger partial charge on any atom is 0.331 e. The summed E-state index contributed by atoms with van der Waals surface area (Å²) in [6.45, 7) is 3.80. The number of phenols is 1. The van der Waals surface area contributed by atoms with E-state index in [2.05, 4.69) is 37.6 Å². The van der Waals surface area contributed by atoms with Crippen molar-refractivity contribution in [2.75, 3.05) is 58.5 Å². The Hall–Kier alpha value is -5.50. The summed E-state index contributed by atoms with van der Waals surface area (Å²) in [5.41, 5.74) is 4.10. The third-order valence-electron chi connectivity index (χ3n) is 18.5. The highest BCUT2D eigenvalue weighted by Crippen LogP contribution is 2.65. The molecular formula is C57H69N7O14S3. The van der Waals surface area contributed by atoms with Crippen LogP contribution in [0.1, 0.15) is 113 Å². The Morgan fingerprint density at radius 1 is 0.778 bits per heavy atom. The van der Waals surface area contributed by atoms with Crippen LogP contribution in [0.25, 0.3) is 0 Å². The third-order valence-corrected chi connectivity index (χ3v) is 23.0. The van der Waals surface area contributed by atoms with Gasteiger partial charge in [-0.2, -0.15) is 23.5 Å².